The Labute approximate surface area is 154 Å². The summed E-state index contributed by atoms with van der Waals surface area (Å²) >= 11 is 6.83. The fourth-order valence-electron chi connectivity index (χ4n) is 2.51. The highest BCUT2D eigenvalue weighted by atomic mass is 79.9. The standard InChI is InChI=1S/C17H22BrFN2S2/c1-17(2,3)10-21-8-11(9-22-20-23-12-4-5-12)13-6-15(19)14(18)7-16(13)21/h6-8,12,20H,4-5,9-10H2,1-3H3. The van der Waals surface area contributed by atoms with E-state index in [1.54, 1.807) is 18.0 Å². The summed E-state index contributed by atoms with van der Waals surface area (Å²) in [6, 6.07) is 3.56. The lowest BCUT2D eigenvalue weighted by molar-refractivity contribution is 0.349. The summed E-state index contributed by atoms with van der Waals surface area (Å²) in [5, 5.41) is 1.80. The zero-order valence-electron chi connectivity index (χ0n) is 13.7. The van der Waals surface area contributed by atoms with Crippen molar-refractivity contribution in [2.24, 2.45) is 5.41 Å². The highest BCUT2D eigenvalue weighted by Crippen LogP contribution is 2.35. The Balaban J connectivity index is 1.84. The molecule has 6 heteroatoms. The van der Waals surface area contributed by atoms with Crippen LogP contribution in [-0.4, -0.2) is 9.82 Å². The summed E-state index contributed by atoms with van der Waals surface area (Å²) < 4.78 is 20.1. The van der Waals surface area contributed by atoms with Gasteiger partial charge in [0.25, 0.3) is 0 Å². The first-order valence-corrected chi connectivity index (χ1v) is 10.5. The van der Waals surface area contributed by atoms with Crippen molar-refractivity contribution in [3.8, 4) is 0 Å². The van der Waals surface area contributed by atoms with Crippen LogP contribution in [0.4, 0.5) is 4.39 Å². The van der Waals surface area contributed by atoms with Crippen molar-refractivity contribution in [2.45, 2.75) is 51.2 Å². The molecule has 0 spiro atoms. The molecule has 0 aliphatic heterocycles. The summed E-state index contributed by atoms with van der Waals surface area (Å²) in [7, 11) is 0. The number of nitrogens with zero attached hydrogens (tertiary/aromatic N) is 1. The van der Waals surface area contributed by atoms with Gasteiger partial charge < -0.3 is 4.57 Å². The molecule has 1 aromatic carbocycles. The Morgan fingerprint density at radius 1 is 1.35 bits per heavy atom. The van der Waals surface area contributed by atoms with Crippen LogP contribution in [0.5, 0.6) is 0 Å². The first-order valence-electron chi connectivity index (χ1n) is 7.83. The minimum Gasteiger partial charge on any atom is -0.347 e. The lowest BCUT2D eigenvalue weighted by Gasteiger charge is -2.20. The number of benzene rings is 1. The largest absolute Gasteiger partial charge is 0.347 e. The van der Waals surface area contributed by atoms with E-state index in [4.69, 9.17) is 0 Å². The Morgan fingerprint density at radius 3 is 2.74 bits per heavy atom. The van der Waals surface area contributed by atoms with Crippen LogP contribution in [0.1, 0.15) is 39.2 Å². The number of hydrogen-bond donors (Lipinski definition) is 1. The molecule has 0 bridgehead atoms. The summed E-state index contributed by atoms with van der Waals surface area (Å²) in [6.45, 7) is 7.58. The monoisotopic (exact) mass is 416 g/mol. The van der Waals surface area contributed by atoms with Crippen LogP contribution in [0.3, 0.4) is 0 Å². The molecule has 1 aliphatic rings. The van der Waals surface area contributed by atoms with E-state index in [2.05, 4.69) is 51.6 Å². The van der Waals surface area contributed by atoms with E-state index in [1.165, 1.54) is 18.4 Å². The van der Waals surface area contributed by atoms with Crippen molar-refractivity contribution >= 4 is 50.7 Å². The van der Waals surface area contributed by atoms with E-state index in [-0.39, 0.29) is 11.2 Å². The smallest absolute Gasteiger partial charge is 0.138 e. The van der Waals surface area contributed by atoms with Crippen molar-refractivity contribution in [1.82, 2.24) is 8.69 Å². The molecule has 0 radical (unpaired) electrons. The molecule has 1 aromatic heterocycles. The molecule has 3 rings (SSSR count). The third-order valence-corrected chi connectivity index (χ3v) is 6.40. The number of fused-ring (bicyclic) bond motifs is 1. The SMILES string of the molecule is CC(C)(C)Cn1cc(CSNSC2CC2)c2cc(F)c(Br)cc21. The number of aromatic nitrogens is 1. The second-order valence-electron chi connectivity index (χ2n) is 7.32. The van der Waals surface area contributed by atoms with Crippen molar-refractivity contribution in [2.75, 3.05) is 0 Å². The maximum absolute atomic E-state index is 14.0. The van der Waals surface area contributed by atoms with E-state index >= 15 is 0 Å². The van der Waals surface area contributed by atoms with Gasteiger partial charge in [0, 0.05) is 34.6 Å². The number of nitrogens with one attached hydrogen (secondary N) is 1. The Bertz CT molecular complexity index is 705. The molecule has 23 heavy (non-hydrogen) atoms. The maximum Gasteiger partial charge on any atom is 0.138 e. The normalized spacial score (nSPS) is 15.5. The second kappa shape index (κ2) is 6.98. The van der Waals surface area contributed by atoms with Crippen molar-refractivity contribution in [3.63, 3.8) is 0 Å². The van der Waals surface area contributed by atoms with Gasteiger partial charge in [0.2, 0.25) is 0 Å². The Morgan fingerprint density at radius 2 is 2.09 bits per heavy atom. The average molecular weight is 417 g/mol. The average Bonchev–Trinajstić information content (AvgIpc) is 3.21. The number of halogens is 2. The van der Waals surface area contributed by atoms with Gasteiger partial charge in [0.1, 0.15) is 5.82 Å². The molecule has 1 N–H and O–H groups in total. The van der Waals surface area contributed by atoms with Gasteiger partial charge in [0.05, 0.1) is 4.47 Å². The molecule has 0 unspecified atom stereocenters. The van der Waals surface area contributed by atoms with Crippen molar-refractivity contribution < 1.29 is 4.39 Å². The fraction of sp³-hybridized carbons (Fsp3) is 0.529. The van der Waals surface area contributed by atoms with Crippen molar-refractivity contribution in [3.05, 3.63) is 34.2 Å². The maximum atomic E-state index is 14.0. The summed E-state index contributed by atoms with van der Waals surface area (Å²) in [4.78, 5) is 0. The van der Waals surface area contributed by atoms with Gasteiger partial charge in [-0.1, -0.05) is 44.7 Å². The molecule has 2 aromatic rings. The van der Waals surface area contributed by atoms with Crippen LogP contribution in [-0.2, 0) is 12.3 Å². The molecule has 126 valence electrons. The van der Waals surface area contributed by atoms with Gasteiger partial charge in [-0.15, -0.1) is 0 Å². The van der Waals surface area contributed by atoms with Crippen LogP contribution < -0.4 is 4.13 Å². The molecule has 0 atom stereocenters. The van der Waals surface area contributed by atoms with E-state index in [1.807, 2.05) is 18.0 Å². The molecule has 0 amide bonds. The highest BCUT2D eigenvalue weighted by molar-refractivity contribution is 9.10. The minimum absolute atomic E-state index is 0.178. The lowest BCUT2D eigenvalue weighted by atomic mass is 9.97. The number of rotatable bonds is 6. The Hall–Kier alpha value is -0.170. The quantitative estimate of drug-likeness (QED) is 0.450. The first-order chi connectivity index (χ1) is 10.8. The summed E-state index contributed by atoms with van der Waals surface area (Å²) in [6.07, 6.45) is 4.82. The fourth-order valence-corrected chi connectivity index (χ4v) is 4.65. The van der Waals surface area contributed by atoms with Gasteiger partial charge in [-0.25, -0.2) is 8.52 Å². The molecular weight excluding hydrogens is 395 g/mol. The molecule has 1 aliphatic carbocycles. The van der Waals surface area contributed by atoms with Crippen LogP contribution in [0.25, 0.3) is 10.9 Å². The van der Waals surface area contributed by atoms with E-state index in [0.717, 1.165) is 28.5 Å². The van der Waals surface area contributed by atoms with Gasteiger partial charge in [-0.3, -0.25) is 0 Å². The van der Waals surface area contributed by atoms with Gasteiger partial charge in [-0.2, -0.15) is 0 Å². The molecule has 1 fully saturated rings. The predicted molar refractivity (Wildman–Crippen MR) is 104 cm³/mol. The molecule has 0 saturated heterocycles. The second-order valence-corrected chi connectivity index (χ2v) is 10.3. The minimum atomic E-state index is -0.197. The van der Waals surface area contributed by atoms with Crippen LogP contribution in [0.15, 0.2) is 22.8 Å². The lowest BCUT2D eigenvalue weighted by Crippen LogP contribution is -2.14. The Kier molecular flexibility index (Phi) is 5.36. The molecule has 1 saturated carbocycles. The van der Waals surface area contributed by atoms with E-state index in [9.17, 15) is 4.39 Å². The predicted octanol–water partition coefficient (Wildman–Crippen LogP) is 6.14. The summed E-state index contributed by atoms with van der Waals surface area (Å²) in [5.74, 6) is 0.645. The van der Waals surface area contributed by atoms with E-state index < -0.39 is 0 Å². The molecule has 1 heterocycles. The van der Waals surface area contributed by atoms with Crippen LogP contribution in [0.2, 0.25) is 0 Å². The summed E-state index contributed by atoms with van der Waals surface area (Å²) in [5.41, 5.74) is 2.46. The van der Waals surface area contributed by atoms with E-state index in [0.29, 0.717) is 4.47 Å². The van der Waals surface area contributed by atoms with Crippen molar-refractivity contribution in [1.29, 1.82) is 0 Å². The highest BCUT2D eigenvalue weighted by Gasteiger charge is 2.22. The van der Waals surface area contributed by atoms with Gasteiger partial charge in [-0.05, 0) is 51.9 Å². The van der Waals surface area contributed by atoms with Gasteiger partial charge in [0.15, 0.2) is 0 Å². The molecule has 2 nitrogen and oxygen atoms in total. The molecular formula is C17H22BrFN2S2. The third-order valence-electron chi connectivity index (χ3n) is 3.68. The van der Waals surface area contributed by atoms with Crippen LogP contribution >= 0.6 is 39.8 Å². The van der Waals surface area contributed by atoms with Gasteiger partial charge >= 0.3 is 0 Å². The zero-order valence-corrected chi connectivity index (χ0v) is 16.9. The first kappa shape index (κ1) is 17.6. The third kappa shape index (κ3) is 4.68. The number of hydrogen-bond acceptors (Lipinski definition) is 3. The topological polar surface area (TPSA) is 17.0 Å². The van der Waals surface area contributed by atoms with Crippen LogP contribution in [0, 0.1) is 11.2 Å². The zero-order chi connectivity index (χ0) is 16.6.